The summed E-state index contributed by atoms with van der Waals surface area (Å²) in [7, 11) is 0. The standard InChI is InChI=1S/C17H31N3O2/c1-17(2,3)16(22)19-10-14-5-4-8-20(12-14)15(21)11-18-9-13-6-7-13/h13-14,18H,4-12H2,1-3H3,(H,19,22). The van der Waals surface area contributed by atoms with Gasteiger partial charge >= 0.3 is 0 Å². The van der Waals surface area contributed by atoms with E-state index in [1.54, 1.807) is 0 Å². The Balaban J connectivity index is 1.68. The molecule has 0 aromatic heterocycles. The Bertz CT molecular complexity index is 399. The van der Waals surface area contributed by atoms with Crippen molar-refractivity contribution in [1.29, 1.82) is 0 Å². The lowest BCUT2D eigenvalue weighted by atomic mass is 9.94. The maximum atomic E-state index is 12.2. The van der Waals surface area contributed by atoms with Crippen LogP contribution in [0.5, 0.6) is 0 Å². The Kier molecular flexibility index (Phi) is 5.84. The van der Waals surface area contributed by atoms with Gasteiger partial charge in [-0.2, -0.15) is 0 Å². The molecule has 2 aliphatic rings. The van der Waals surface area contributed by atoms with Gasteiger partial charge in [0.05, 0.1) is 6.54 Å². The van der Waals surface area contributed by atoms with Crippen molar-refractivity contribution in [2.24, 2.45) is 17.3 Å². The predicted molar refractivity (Wildman–Crippen MR) is 87.4 cm³/mol. The number of likely N-dealkylation sites (tertiary alicyclic amines) is 1. The van der Waals surface area contributed by atoms with E-state index >= 15 is 0 Å². The van der Waals surface area contributed by atoms with Crippen LogP contribution in [0.4, 0.5) is 0 Å². The molecule has 1 atom stereocenters. The van der Waals surface area contributed by atoms with Crippen LogP contribution in [0, 0.1) is 17.3 Å². The zero-order valence-electron chi connectivity index (χ0n) is 14.3. The summed E-state index contributed by atoms with van der Waals surface area (Å²) in [4.78, 5) is 26.1. The van der Waals surface area contributed by atoms with Crippen LogP contribution in [-0.2, 0) is 9.59 Å². The minimum Gasteiger partial charge on any atom is -0.355 e. The molecule has 1 saturated carbocycles. The first kappa shape index (κ1) is 17.3. The van der Waals surface area contributed by atoms with Crippen LogP contribution in [-0.4, -0.2) is 49.4 Å². The molecular weight excluding hydrogens is 278 g/mol. The number of rotatable bonds is 6. The lowest BCUT2D eigenvalue weighted by Gasteiger charge is -2.33. The molecule has 1 aliphatic carbocycles. The van der Waals surface area contributed by atoms with Crippen LogP contribution in [0.3, 0.4) is 0 Å². The number of hydrogen-bond donors (Lipinski definition) is 2. The maximum absolute atomic E-state index is 12.2. The molecular formula is C17H31N3O2. The molecule has 126 valence electrons. The molecule has 2 amide bonds. The highest BCUT2D eigenvalue weighted by molar-refractivity contribution is 5.81. The van der Waals surface area contributed by atoms with E-state index < -0.39 is 0 Å². The van der Waals surface area contributed by atoms with Crippen LogP contribution in [0.1, 0.15) is 46.5 Å². The SMILES string of the molecule is CC(C)(C)C(=O)NCC1CCCN(C(=O)CNCC2CC2)C1. The number of piperidine rings is 1. The first-order valence-corrected chi connectivity index (χ1v) is 8.63. The third kappa shape index (κ3) is 5.59. The van der Waals surface area contributed by atoms with E-state index in [2.05, 4.69) is 10.6 Å². The zero-order valence-corrected chi connectivity index (χ0v) is 14.3. The highest BCUT2D eigenvalue weighted by atomic mass is 16.2. The minimum atomic E-state index is -0.350. The lowest BCUT2D eigenvalue weighted by Crippen LogP contribution is -2.47. The highest BCUT2D eigenvalue weighted by Crippen LogP contribution is 2.27. The number of amides is 2. The third-order valence-corrected chi connectivity index (χ3v) is 4.51. The minimum absolute atomic E-state index is 0.0852. The summed E-state index contributed by atoms with van der Waals surface area (Å²) >= 11 is 0. The van der Waals surface area contributed by atoms with E-state index in [1.807, 2.05) is 25.7 Å². The van der Waals surface area contributed by atoms with Crippen LogP contribution in [0.25, 0.3) is 0 Å². The molecule has 2 fully saturated rings. The van der Waals surface area contributed by atoms with E-state index in [-0.39, 0.29) is 17.2 Å². The van der Waals surface area contributed by atoms with E-state index in [1.165, 1.54) is 12.8 Å². The molecule has 5 nitrogen and oxygen atoms in total. The van der Waals surface area contributed by atoms with Crippen LogP contribution < -0.4 is 10.6 Å². The second-order valence-electron chi connectivity index (χ2n) is 7.88. The average molecular weight is 309 g/mol. The molecule has 22 heavy (non-hydrogen) atoms. The highest BCUT2D eigenvalue weighted by Gasteiger charge is 2.26. The zero-order chi connectivity index (χ0) is 16.2. The van der Waals surface area contributed by atoms with Crippen molar-refractivity contribution in [3.63, 3.8) is 0 Å². The molecule has 0 spiro atoms. The van der Waals surface area contributed by atoms with Crippen molar-refractivity contribution in [2.75, 3.05) is 32.7 Å². The van der Waals surface area contributed by atoms with E-state index in [0.29, 0.717) is 19.0 Å². The predicted octanol–water partition coefficient (Wildman–Crippen LogP) is 1.39. The normalized spacial score (nSPS) is 22.5. The fourth-order valence-corrected chi connectivity index (χ4v) is 2.78. The van der Waals surface area contributed by atoms with Crippen LogP contribution in [0.2, 0.25) is 0 Å². The van der Waals surface area contributed by atoms with E-state index in [4.69, 9.17) is 0 Å². The fraction of sp³-hybridized carbons (Fsp3) is 0.882. The van der Waals surface area contributed by atoms with Gasteiger partial charge in [0.1, 0.15) is 0 Å². The van der Waals surface area contributed by atoms with Crippen molar-refractivity contribution in [3.8, 4) is 0 Å². The van der Waals surface area contributed by atoms with Gasteiger partial charge in [-0.3, -0.25) is 9.59 Å². The van der Waals surface area contributed by atoms with Crippen molar-refractivity contribution in [1.82, 2.24) is 15.5 Å². The van der Waals surface area contributed by atoms with Crippen LogP contribution >= 0.6 is 0 Å². The van der Waals surface area contributed by atoms with Crippen molar-refractivity contribution in [2.45, 2.75) is 46.5 Å². The topological polar surface area (TPSA) is 61.4 Å². The third-order valence-electron chi connectivity index (χ3n) is 4.51. The maximum Gasteiger partial charge on any atom is 0.236 e. The summed E-state index contributed by atoms with van der Waals surface area (Å²) in [5, 5.41) is 6.29. The summed E-state index contributed by atoms with van der Waals surface area (Å²) in [6.07, 6.45) is 4.73. The Morgan fingerprint density at radius 3 is 2.45 bits per heavy atom. The lowest BCUT2D eigenvalue weighted by molar-refractivity contribution is -0.132. The van der Waals surface area contributed by atoms with Crippen molar-refractivity contribution >= 4 is 11.8 Å². The van der Waals surface area contributed by atoms with Gasteiger partial charge < -0.3 is 15.5 Å². The quantitative estimate of drug-likeness (QED) is 0.779. The molecule has 0 bridgehead atoms. The van der Waals surface area contributed by atoms with Gasteiger partial charge in [-0.1, -0.05) is 20.8 Å². The van der Waals surface area contributed by atoms with Crippen LogP contribution in [0.15, 0.2) is 0 Å². The Hall–Kier alpha value is -1.10. The number of nitrogens with one attached hydrogen (secondary N) is 2. The fourth-order valence-electron chi connectivity index (χ4n) is 2.78. The van der Waals surface area contributed by atoms with Gasteiger partial charge in [-0.25, -0.2) is 0 Å². The molecule has 5 heteroatoms. The first-order valence-electron chi connectivity index (χ1n) is 8.63. The Morgan fingerprint density at radius 1 is 1.09 bits per heavy atom. The number of hydrogen-bond acceptors (Lipinski definition) is 3. The molecule has 2 N–H and O–H groups in total. The Labute approximate surface area is 134 Å². The Morgan fingerprint density at radius 2 is 1.82 bits per heavy atom. The molecule has 0 radical (unpaired) electrons. The second-order valence-corrected chi connectivity index (χ2v) is 7.88. The van der Waals surface area contributed by atoms with Crippen molar-refractivity contribution in [3.05, 3.63) is 0 Å². The van der Waals surface area contributed by atoms with Gasteiger partial charge in [0.15, 0.2) is 0 Å². The smallest absolute Gasteiger partial charge is 0.236 e. The molecule has 0 aromatic rings. The molecule has 1 heterocycles. The van der Waals surface area contributed by atoms with E-state index in [0.717, 1.165) is 38.4 Å². The first-order chi connectivity index (χ1) is 10.4. The second kappa shape index (κ2) is 7.44. The van der Waals surface area contributed by atoms with Crippen molar-refractivity contribution < 1.29 is 9.59 Å². The summed E-state index contributed by atoms with van der Waals surface area (Å²) < 4.78 is 0. The summed E-state index contributed by atoms with van der Waals surface area (Å²) in [6, 6.07) is 0. The van der Waals surface area contributed by atoms with Gasteiger partial charge in [0.25, 0.3) is 0 Å². The molecule has 1 saturated heterocycles. The molecule has 1 aliphatic heterocycles. The summed E-state index contributed by atoms with van der Waals surface area (Å²) in [6.45, 7) is 9.50. The van der Waals surface area contributed by atoms with Gasteiger partial charge in [0, 0.05) is 25.0 Å². The summed E-state index contributed by atoms with van der Waals surface area (Å²) in [5.74, 6) is 1.47. The number of nitrogens with zero attached hydrogens (tertiary/aromatic N) is 1. The molecule has 0 aromatic carbocycles. The van der Waals surface area contributed by atoms with E-state index in [9.17, 15) is 9.59 Å². The monoisotopic (exact) mass is 309 g/mol. The summed E-state index contributed by atoms with van der Waals surface area (Å²) in [5.41, 5.74) is -0.350. The van der Waals surface area contributed by atoms with Gasteiger partial charge in [-0.15, -0.1) is 0 Å². The van der Waals surface area contributed by atoms with Gasteiger partial charge in [0.2, 0.25) is 11.8 Å². The molecule has 1 unspecified atom stereocenters. The molecule has 2 rings (SSSR count). The number of carbonyl (C=O) groups is 2. The average Bonchev–Trinajstić information content (AvgIpc) is 3.28. The largest absolute Gasteiger partial charge is 0.355 e. The van der Waals surface area contributed by atoms with Gasteiger partial charge in [-0.05, 0) is 44.1 Å². The number of carbonyl (C=O) groups excluding carboxylic acids is 2.